The predicted molar refractivity (Wildman–Crippen MR) is 56.3 cm³/mol. The number of nitrogens with zero attached hydrogens (tertiary/aromatic N) is 2. The van der Waals surface area contributed by atoms with E-state index in [-0.39, 0.29) is 6.10 Å². The van der Waals surface area contributed by atoms with Crippen molar-refractivity contribution < 1.29 is 9.26 Å². The third kappa shape index (κ3) is 3.60. The van der Waals surface area contributed by atoms with Gasteiger partial charge in [-0.3, -0.25) is 0 Å². The Morgan fingerprint density at radius 3 is 2.73 bits per heavy atom. The lowest BCUT2D eigenvalue weighted by molar-refractivity contribution is 0.0903. The molecule has 0 spiro atoms. The van der Waals surface area contributed by atoms with Gasteiger partial charge in [0.25, 0.3) is 0 Å². The SMILES string of the molecule is CCC(OC)c1noc(CNC(C)C)n1. The summed E-state index contributed by atoms with van der Waals surface area (Å²) < 4.78 is 10.3. The highest BCUT2D eigenvalue weighted by molar-refractivity contribution is 4.90. The summed E-state index contributed by atoms with van der Waals surface area (Å²) in [6.07, 6.45) is 0.772. The fraction of sp³-hybridized carbons (Fsp3) is 0.800. The van der Waals surface area contributed by atoms with Crippen LogP contribution in [-0.4, -0.2) is 23.3 Å². The molecule has 5 nitrogen and oxygen atoms in total. The van der Waals surface area contributed by atoms with Gasteiger partial charge in [-0.1, -0.05) is 25.9 Å². The zero-order valence-corrected chi connectivity index (χ0v) is 9.78. The fourth-order valence-electron chi connectivity index (χ4n) is 1.22. The van der Waals surface area contributed by atoms with Crippen LogP contribution < -0.4 is 5.32 Å². The number of nitrogens with one attached hydrogen (secondary N) is 1. The van der Waals surface area contributed by atoms with Crippen LogP contribution in [0.4, 0.5) is 0 Å². The normalized spacial score (nSPS) is 13.4. The van der Waals surface area contributed by atoms with Gasteiger partial charge in [-0.15, -0.1) is 0 Å². The molecule has 1 aromatic rings. The van der Waals surface area contributed by atoms with Crippen LogP contribution in [0.3, 0.4) is 0 Å². The lowest BCUT2D eigenvalue weighted by Crippen LogP contribution is -2.22. The maximum Gasteiger partial charge on any atom is 0.240 e. The van der Waals surface area contributed by atoms with Crippen molar-refractivity contribution in [3.8, 4) is 0 Å². The Morgan fingerprint density at radius 1 is 1.47 bits per heavy atom. The van der Waals surface area contributed by atoms with Crippen LogP contribution in [0.25, 0.3) is 0 Å². The second-order valence-corrected chi connectivity index (χ2v) is 3.71. The van der Waals surface area contributed by atoms with Crippen LogP contribution in [0.15, 0.2) is 4.52 Å². The summed E-state index contributed by atoms with van der Waals surface area (Å²) in [6, 6.07) is 0.407. The van der Waals surface area contributed by atoms with Gasteiger partial charge < -0.3 is 14.6 Å². The molecule has 1 rings (SSSR count). The number of methoxy groups -OCH3 is 1. The van der Waals surface area contributed by atoms with Crippen LogP contribution >= 0.6 is 0 Å². The molecule has 0 aliphatic rings. The highest BCUT2D eigenvalue weighted by Gasteiger charge is 2.15. The first-order valence-electron chi connectivity index (χ1n) is 5.26. The highest BCUT2D eigenvalue weighted by Crippen LogP contribution is 2.16. The zero-order chi connectivity index (χ0) is 11.3. The average molecular weight is 213 g/mol. The van der Waals surface area contributed by atoms with E-state index in [1.165, 1.54) is 0 Å². The Balaban J connectivity index is 2.55. The summed E-state index contributed by atoms with van der Waals surface area (Å²) >= 11 is 0. The number of ether oxygens (including phenoxy) is 1. The Morgan fingerprint density at radius 2 is 2.20 bits per heavy atom. The van der Waals surface area contributed by atoms with Crippen molar-refractivity contribution in [3.63, 3.8) is 0 Å². The molecule has 0 aromatic carbocycles. The van der Waals surface area contributed by atoms with Crippen molar-refractivity contribution in [3.05, 3.63) is 11.7 Å². The number of rotatable bonds is 6. The van der Waals surface area contributed by atoms with E-state index < -0.39 is 0 Å². The summed E-state index contributed by atoms with van der Waals surface area (Å²) in [5.41, 5.74) is 0. The van der Waals surface area contributed by atoms with Gasteiger partial charge in [-0.05, 0) is 6.42 Å². The molecule has 0 bridgehead atoms. The topological polar surface area (TPSA) is 60.2 Å². The third-order valence-corrected chi connectivity index (χ3v) is 2.09. The van der Waals surface area contributed by atoms with Crippen molar-refractivity contribution in [2.45, 2.75) is 45.9 Å². The van der Waals surface area contributed by atoms with E-state index in [1.54, 1.807) is 7.11 Å². The summed E-state index contributed by atoms with van der Waals surface area (Å²) in [5, 5.41) is 7.10. The molecule has 0 radical (unpaired) electrons. The van der Waals surface area contributed by atoms with Crippen molar-refractivity contribution in [2.75, 3.05) is 7.11 Å². The van der Waals surface area contributed by atoms with Crippen LogP contribution in [-0.2, 0) is 11.3 Å². The summed E-state index contributed by atoms with van der Waals surface area (Å²) in [4.78, 5) is 4.26. The quantitative estimate of drug-likeness (QED) is 0.778. The van der Waals surface area contributed by atoms with Crippen molar-refractivity contribution >= 4 is 0 Å². The molecule has 0 fully saturated rings. The van der Waals surface area contributed by atoms with Crippen molar-refractivity contribution in [1.29, 1.82) is 0 Å². The van der Waals surface area contributed by atoms with Gasteiger partial charge in [-0.2, -0.15) is 4.98 Å². The van der Waals surface area contributed by atoms with E-state index in [4.69, 9.17) is 9.26 Å². The zero-order valence-electron chi connectivity index (χ0n) is 9.78. The molecule has 1 unspecified atom stereocenters. The summed E-state index contributed by atoms with van der Waals surface area (Å²) in [5.74, 6) is 1.23. The van der Waals surface area contributed by atoms with Gasteiger partial charge in [0.15, 0.2) is 0 Å². The molecule has 0 saturated heterocycles. The molecule has 1 heterocycles. The number of hydrogen-bond donors (Lipinski definition) is 1. The number of aromatic nitrogens is 2. The first kappa shape index (κ1) is 12.1. The Labute approximate surface area is 90.2 Å². The smallest absolute Gasteiger partial charge is 0.240 e. The monoisotopic (exact) mass is 213 g/mol. The molecule has 5 heteroatoms. The minimum Gasteiger partial charge on any atom is -0.373 e. The standard InChI is InChI=1S/C10H19N3O2/c1-5-8(14-4)10-12-9(15-13-10)6-11-7(2)3/h7-8,11H,5-6H2,1-4H3. The summed E-state index contributed by atoms with van der Waals surface area (Å²) in [7, 11) is 1.65. The molecule has 0 saturated carbocycles. The number of hydrogen-bond acceptors (Lipinski definition) is 5. The third-order valence-electron chi connectivity index (χ3n) is 2.09. The molecule has 0 aliphatic heterocycles. The molecule has 86 valence electrons. The highest BCUT2D eigenvalue weighted by atomic mass is 16.5. The summed E-state index contributed by atoms with van der Waals surface area (Å²) in [6.45, 7) is 6.77. The first-order valence-corrected chi connectivity index (χ1v) is 5.26. The molecule has 1 aromatic heterocycles. The van der Waals surface area contributed by atoms with E-state index in [9.17, 15) is 0 Å². The lowest BCUT2D eigenvalue weighted by Gasteiger charge is -2.06. The van der Waals surface area contributed by atoms with Gasteiger partial charge in [-0.25, -0.2) is 0 Å². The minimum absolute atomic E-state index is 0.0680. The fourth-order valence-corrected chi connectivity index (χ4v) is 1.22. The van der Waals surface area contributed by atoms with Crippen molar-refractivity contribution in [2.24, 2.45) is 0 Å². The van der Waals surface area contributed by atoms with Gasteiger partial charge >= 0.3 is 0 Å². The maximum atomic E-state index is 5.22. The largest absolute Gasteiger partial charge is 0.373 e. The van der Waals surface area contributed by atoms with E-state index in [2.05, 4.69) is 29.3 Å². The molecule has 15 heavy (non-hydrogen) atoms. The molecule has 0 amide bonds. The second-order valence-electron chi connectivity index (χ2n) is 3.71. The van der Waals surface area contributed by atoms with E-state index in [0.717, 1.165) is 6.42 Å². The van der Waals surface area contributed by atoms with Crippen LogP contribution in [0.1, 0.15) is 45.0 Å². The molecular weight excluding hydrogens is 194 g/mol. The Bertz CT molecular complexity index is 282. The molecule has 1 atom stereocenters. The predicted octanol–water partition coefficient (Wildman–Crippen LogP) is 1.67. The van der Waals surface area contributed by atoms with Gasteiger partial charge in [0, 0.05) is 13.2 Å². The van der Waals surface area contributed by atoms with Gasteiger partial charge in [0.05, 0.1) is 6.54 Å². The molecule has 1 N–H and O–H groups in total. The molecule has 0 aliphatic carbocycles. The van der Waals surface area contributed by atoms with Gasteiger partial charge in [0.1, 0.15) is 6.10 Å². The molecular formula is C10H19N3O2. The van der Waals surface area contributed by atoms with Crippen molar-refractivity contribution in [1.82, 2.24) is 15.5 Å². The van der Waals surface area contributed by atoms with Crippen LogP contribution in [0.2, 0.25) is 0 Å². The van der Waals surface area contributed by atoms with Gasteiger partial charge in [0.2, 0.25) is 11.7 Å². The van der Waals surface area contributed by atoms with Crippen LogP contribution in [0.5, 0.6) is 0 Å². The average Bonchev–Trinajstić information content (AvgIpc) is 2.65. The van der Waals surface area contributed by atoms with E-state index in [0.29, 0.717) is 24.3 Å². The maximum absolute atomic E-state index is 5.22. The minimum atomic E-state index is -0.0680. The Kier molecular flexibility index (Phi) is 4.71. The van der Waals surface area contributed by atoms with E-state index >= 15 is 0 Å². The first-order chi connectivity index (χ1) is 7.17. The lowest BCUT2D eigenvalue weighted by atomic mass is 10.3. The Hall–Kier alpha value is -0.940. The van der Waals surface area contributed by atoms with Crippen LogP contribution in [0, 0.1) is 0 Å². The second kappa shape index (κ2) is 5.82. The van der Waals surface area contributed by atoms with E-state index in [1.807, 2.05) is 6.92 Å².